The van der Waals surface area contributed by atoms with Gasteiger partial charge in [0.15, 0.2) is 0 Å². The molecule has 3 aromatic carbocycles. The van der Waals surface area contributed by atoms with Crippen molar-refractivity contribution in [3.63, 3.8) is 0 Å². The fraction of sp³-hybridized carbons (Fsp3) is 0.367. The predicted octanol–water partition coefficient (Wildman–Crippen LogP) is 6.92. The summed E-state index contributed by atoms with van der Waals surface area (Å²) in [5, 5.41) is 9.36. The summed E-state index contributed by atoms with van der Waals surface area (Å²) in [6.07, 6.45) is -2.05. The third-order valence-electron chi connectivity index (χ3n) is 7.92. The average Bonchev–Trinajstić information content (AvgIpc) is 3.35. The van der Waals surface area contributed by atoms with Crippen molar-refractivity contribution in [2.24, 2.45) is 23.9 Å². The first kappa shape index (κ1) is 25.3. The zero-order chi connectivity index (χ0) is 26.3. The van der Waals surface area contributed by atoms with Crippen LogP contribution in [0.1, 0.15) is 54.9 Å². The number of rotatable bonds is 5. The smallest absolute Gasteiger partial charge is 0.392 e. The van der Waals surface area contributed by atoms with Gasteiger partial charge >= 0.3 is 6.18 Å². The van der Waals surface area contributed by atoms with Gasteiger partial charge in [-0.1, -0.05) is 50.2 Å². The Morgan fingerprint density at radius 2 is 1.49 bits per heavy atom. The molecule has 1 N–H and O–H groups in total. The molecule has 7 heteroatoms. The number of benzene rings is 3. The van der Waals surface area contributed by atoms with E-state index in [4.69, 9.17) is 4.99 Å². The first-order valence-corrected chi connectivity index (χ1v) is 12.7. The molecule has 5 rings (SSSR count). The average molecular weight is 508 g/mol. The highest BCUT2D eigenvalue weighted by molar-refractivity contribution is 5.77. The highest BCUT2D eigenvalue weighted by atomic mass is 19.4. The molecule has 194 valence electrons. The van der Waals surface area contributed by atoms with Crippen molar-refractivity contribution in [1.29, 1.82) is 0 Å². The second-order valence-electron chi connectivity index (χ2n) is 10.4. The molecule has 2 atom stereocenters. The molecule has 1 saturated carbocycles. The number of aromatic nitrogens is 2. The van der Waals surface area contributed by atoms with Gasteiger partial charge in [0, 0.05) is 7.05 Å². The van der Waals surface area contributed by atoms with Gasteiger partial charge in [-0.3, -0.25) is 0 Å². The van der Waals surface area contributed by atoms with Gasteiger partial charge in [0.05, 0.1) is 35.4 Å². The van der Waals surface area contributed by atoms with Gasteiger partial charge in [-0.25, -0.2) is 4.99 Å². The highest BCUT2D eigenvalue weighted by Crippen LogP contribution is 2.42. The van der Waals surface area contributed by atoms with Crippen molar-refractivity contribution in [2.75, 3.05) is 0 Å². The van der Waals surface area contributed by atoms with E-state index in [0.29, 0.717) is 29.1 Å². The fourth-order valence-electron chi connectivity index (χ4n) is 5.49. The van der Waals surface area contributed by atoms with Crippen LogP contribution in [-0.4, -0.2) is 14.2 Å². The predicted molar refractivity (Wildman–Crippen MR) is 139 cm³/mol. The molecule has 4 nitrogen and oxygen atoms in total. The summed E-state index contributed by atoms with van der Waals surface area (Å²) in [6, 6.07) is 19.5. The van der Waals surface area contributed by atoms with Gasteiger partial charge in [0.2, 0.25) is 5.62 Å². The van der Waals surface area contributed by atoms with Crippen molar-refractivity contribution in [3.05, 3.63) is 94.6 Å². The van der Waals surface area contributed by atoms with Crippen molar-refractivity contribution in [3.8, 4) is 0 Å². The van der Waals surface area contributed by atoms with Crippen LogP contribution in [0.4, 0.5) is 18.9 Å². The normalized spacial score (nSPS) is 20.7. The van der Waals surface area contributed by atoms with Crippen LogP contribution < -0.4 is 5.62 Å². The van der Waals surface area contributed by atoms with Crippen LogP contribution in [0.15, 0.2) is 71.7 Å². The van der Waals surface area contributed by atoms with E-state index in [0.717, 1.165) is 34.7 Å². The number of hydrogen-bond donors (Lipinski definition) is 1. The molecule has 0 radical (unpaired) electrons. The van der Waals surface area contributed by atoms with Gasteiger partial charge in [0.25, 0.3) is 0 Å². The van der Waals surface area contributed by atoms with E-state index in [2.05, 4.69) is 26.0 Å². The molecule has 0 bridgehead atoms. The number of halogens is 3. The van der Waals surface area contributed by atoms with E-state index in [9.17, 15) is 18.3 Å². The van der Waals surface area contributed by atoms with Crippen LogP contribution >= 0.6 is 0 Å². The zero-order valence-corrected chi connectivity index (χ0v) is 21.3. The third kappa shape index (κ3) is 5.10. The van der Waals surface area contributed by atoms with Crippen LogP contribution in [0.3, 0.4) is 0 Å². The Balaban J connectivity index is 1.59. The molecule has 0 spiro atoms. The summed E-state index contributed by atoms with van der Waals surface area (Å²) < 4.78 is 44.4. The number of aliphatic hydroxyl groups is 1. The Labute approximate surface area is 214 Å². The lowest BCUT2D eigenvalue weighted by Gasteiger charge is -2.10. The molecule has 2 unspecified atom stereocenters. The Hall–Kier alpha value is -3.32. The maximum atomic E-state index is 13.6. The molecule has 1 aromatic heterocycles. The Kier molecular flexibility index (Phi) is 6.75. The SMILES string of the molecule is CC1CC(c2ccc(N=c3n(C)c4ccc(C(F)(F)F)cc4n3Cc3ccc(CO)cc3)cc2)CC1C. The van der Waals surface area contributed by atoms with Crippen LogP contribution in [0, 0.1) is 11.8 Å². The minimum Gasteiger partial charge on any atom is -0.392 e. The van der Waals surface area contributed by atoms with Crippen LogP contribution in [0.5, 0.6) is 0 Å². The van der Waals surface area contributed by atoms with E-state index in [1.54, 1.807) is 0 Å². The maximum Gasteiger partial charge on any atom is 0.416 e. The quantitative estimate of drug-likeness (QED) is 0.313. The standard InChI is InChI=1S/C30H32F3N3O/c1-19-14-24(15-20(19)2)23-8-11-26(12-9-23)34-29-35(3)27-13-10-25(30(31,32)33)16-28(27)36(29)17-21-4-6-22(18-37)7-5-21/h4-13,16,19-20,24,37H,14-15,17-18H2,1-3H3. The van der Waals surface area contributed by atoms with Crippen molar-refractivity contribution in [1.82, 2.24) is 9.13 Å². The largest absolute Gasteiger partial charge is 0.416 e. The van der Waals surface area contributed by atoms with Gasteiger partial charge in [-0.05, 0) is 77.6 Å². The molecular weight excluding hydrogens is 475 g/mol. The van der Waals surface area contributed by atoms with Gasteiger partial charge in [0.1, 0.15) is 0 Å². The van der Waals surface area contributed by atoms with Crippen molar-refractivity contribution in [2.45, 2.75) is 51.9 Å². The molecule has 0 amide bonds. The summed E-state index contributed by atoms with van der Waals surface area (Å²) in [7, 11) is 1.83. The van der Waals surface area contributed by atoms with E-state index in [1.165, 1.54) is 30.5 Å². The number of alkyl halides is 3. The van der Waals surface area contributed by atoms with Crippen LogP contribution in [0.25, 0.3) is 11.0 Å². The van der Waals surface area contributed by atoms with Gasteiger partial charge < -0.3 is 14.2 Å². The molecular formula is C30H32F3N3O. The van der Waals surface area contributed by atoms with Gasteiger partial charge in [-0.2, -0.15) is 13.2 Å². The summed E-state index contributed by atoms with van der Waals surface area (Å²) >= 11 is 0. The molecule has 37 heavy (non-hydrogen) atoms. The van der Waals surface area contributed by atoms with E-state index in [-0.39, 0.29) is 6.61 Å². The number of imidazole rings is 1. The number of hydrogen-bond acceptors (Lipinski definition) is 2. The lowest BCUT2D eigenvalue weighted by molar-refractivity contribution is -0.137. The number of fused-ring (bicyclic) bond motifs is 1. The second kappa shape index (κ2) is 9.86. The Morgan fingerprint density at radius 3 is 2.08 bits per heavy atom. The summed E-state index contributed by atoms with van der Waals surface area (Å²) in [5.41, 5.74) is 4.78. The van der Waals surface area contributed by atoms with Gasteiger partial charge in [-0.15, -0.1) is 0 Å². The summed E-state index contributed by atoms with van der Waals surface area (Å²) in [6.45, 7) is 4.91. The van der Waals surface area contributed by atoms with E-state index < -0.39 is 11.7 Å². The molecule has 0 saturated heterocycles. The molecule has 1 aliphatic carbocycles. The van der Waals surface area contributed by atoms with Crippen molar-refractivity contribution < 1.29 is 18.3 Å². The molecule has 0 aliphatic heterocycles. The first-order chi connectivity index (χ1) is 17.6. The fourth-order valence-corrected chi connectivity index (χ4v) is 5.49. The third-order valence-corrected chi connectivity index (χ3v) is 7.92. The molecule has 1 fully saturated rings. The number of aliphatic hydroxyl groups excluding tert-OH is 1. The van der Waals surface area contributed by atoms with Crippen LogP contribution in [0.2, 0.25) is 0 Å². The number of nitrogens with zero attached hydrogens (tertiary/aromatic N) is 3. The Bertz CT molecular complexity index is 1450. The van der Waals surface area contributed by atoms with E-state index >= 15 is 0 Å². The number of aryl methyl sites for hydroxylation is 1. The highest BCUT2D eigenvalue weighted by Gasteiger charge is 2.31. The molecule has 1 heterocycles. The monoisotopic (exact) mass is 507 g/mol. The minimum atomic E-state index is -4.44. The summed E-state index contributed by atoms with van der Waals surface area (Å²) in [5.74, 6) is 2.00. The van der Waals surface area contributed by atoms with Crippen LogP contribution in [-0.2, 0) is 26.4 Å². The summed E-state index contributed by atoms with van der Waals surface area (Å²) in [4.78, 5) is 4.90. The van der Waals surface area contributed by atoms with E-state index in [1.807, 2.05) is 52.6 Å². The maximum absolute atomic E-state index is 13.6. The molecule has 4 aromatic rings. The second-order valence-corrected chi connectivity index (χ2v) is 10.4. The zero-order valence-electron chi connectivity index (χ0n) is 21.3. The Morgan fingerprint density at radius 1 is 0.865 bits per heavy atom. The first-order valence-electron chi connectivity index (χ1n) is 12.7. The lowest BCUT2D eigenvalue weighted by Crippen LogP contribution is -2.24. The topological polar surface area (TPSA) is 42.5 Å². The van der Waals surface area contributed by atoms with Crippen molar-refractivity contribution >= 4 is 16.7 Å². The minimum absolute atomic E-state index is 0.0636. The lowest BCUT2D eigenvalue weighted by atomic mass is 9.96. The molecule has 1 aliphatic rings.